The first-order valence-electron chi connectivity index (χ1n) is 31.1. The molecule has 0 amide bonds. The van der Waals surface area contributed by atoms with E-state index in [0.29, 0.717) is 19.8 Å². The van der Waals surface area contributed by atoms with Gasteiger partial charge in [0.1, 0.15) is 19.8 Å². The summed E-state index contributed by atoms with van der Waals surface area (Å²) in [6.45, 7) is 19.7. The van der Waals surface area contributed by atoms with Crippen LogP contribution in [0.3, 0.4) is 0 Å². The third-order valence-corrected chi connectivity index (χ3v) is 16.7. The van der Waals surface area contributed by atoms with Gasteiger partial charge in [-0.05, 0) is 225 Å². The normalized spacial score (nSPS) is 14.3. The van der Waals surface area contributed by atoms with Crippen molar-refractivity contribution in [3.8, 4) is 34.5 Å². The van der Waals surface area contributed by atoms with Crippen molar-refractivity contribution < 1.29 is 28.4 Å². The first kappa shape index (κ1) is 63.5. The molecule has 3 aliphatic rings. The molecule has 6 aromatic carbocycles. The van der Waals surface area contributed by atoms with Gasteiger partial charge in [0.2, 0.25) is 0 Å². The Morgan fingerprint density at radius 2 is 0.621 bits per heavy atom. The number of nitrogens with one attached hydrogen (secondary N) is 6. The first-order valence-corrected chi connectivity index (χ1v) is 32.2. The van der Waals surface area contributed by atoms with E-state index in [1.165, 1.54) is 71.4 Å². The van der Waals surface area contributed by atoms with Crippen molar-refractivity contribution in [3.63, 3.8) is 0 Å². The monoisotopic (exact) mass is 1240 g/mol. The molecule has 0 saturated heterocycles. The molecule has 0 unspecified atom stereocenters. The summed E-state index contributed by atoms with van der Waals surface area (Å²) in [5.41, 5.74) is 6.94. The molecule has 0 spiro atoms. The van der Waals surface area contributed by atoms with Gasteiger partial charge < -0.3 is 59.3 Å². The third-order valence-electron chi connectivity index (χ3n) is 16.0. The minimum absolute atomic E-state index is 0.0667. The number of ether oxygens (including phenoxy) is 6. The maximum absolute atomic E-state index is 6.18. The van der Waals surface area contributed by atoms with Gasteiger partial charge in [-0.25, -0.2) is 0 Å². The van der Waals surface area contributed by atoms with Crippen molar-refractivity contribution >= 4 is 67.5 Å². The molecule has 87 heavy (non-hydrogen) atoms. The van der Waals surface area contributed by atoms with E-state index in [1.807, 2.05) is 127 Å². The van der Waals surface area contributed by atoms with Crippen molar-refractivity contribution in [1.29, 1.82) is 0 Å². The van der Waals surface area contributed by atoms with Crippen LogP contribution in [-0.2, 0) is 19.3 Å². The lowest BCUT2D eigenvalue weighted by atomic mass is 9.94. The van der Waals surface area contributed by atoms with E-state index < -0.39 is 0 Å². The fourth-order valence-electron chi connectivity index (χ4n) is 10.7. The highest BCUT2D eigenvalue weighted by atomic mass is 35.5. The van der Waals surface area contributed by atoms with Gasteiger partial charge in [-0.15, -0.1) is 0 Å². The fourth-order valence-corrected chi connectivity index (χ4v) is 11.2. The zero-order chi connectivity index (χ0) is 60.8. The quantitative estimate of drug-likeness (QED) is 0.0243. The number of hydrogen-bond acceptors (Lipinski definition) is 9. The van der Waals surface area contributed by atoms with E-state index >= 15 is 0 Å². The molecule has 6 N–H and O–H groups in total. The second-order valence-electron chi connectivity index (χ2n) is 25.6. The fraction of sp³-hybridized carbons (Fsp3) is 0.417. The Morgan fingerprint density at radius 3 is 0.874 bits per heavy atom. The average Bonchev–Trinajstić information content (AvgIpc) is 3.07. The van der Waals surface area contributed by atoms with E-state index in [0.717, 1.165) is 143 Å². The third kappa shape index (κ3) is 19.7. The number of halogens is 3. The molecule has 3 aromatic heterocycles. The summed E-state index contributed by atoms with van der Waals surface area (Å²) in [7, 11) is 0. The van der Waals surface area contributed by atoms with Crippen LogP contribution in [0.5, 0.6) is 34.5 Å². The number of fused-ring (bicyclic) bond motifs is 3. The van der Waals surface area contributed by atoms with Crippen LogP contribution in [0, 0.1) is 17.8 Å². The summed E-state index contributed by atoms with van der Waals surface area (Å²) in [6.07, 6.45) is 16.6. The Labute approximate surface area is 529 Å². The van der Waals surface area contributed by atoms with Gasteiger partial charge in [-0.1, -0.05) is 71.2 Å². The Kier molecular flexibility index (Phi) is 21.7. The summed E-state index contributed by atoms with van der Waals surface area (Å²) < 4.78 is 35.7. The second-order valence-corrected chi connectivity index (χ2v) is 26.9. The molecule has 3 fully saturated rings. The van der Waals surface area contributed by atoms with E-state index in [4.69, 9.17) is 63.2 Å². The van der Waals surface area contributed by atoms with Crippen LogP contribution in [-0.4, -0.2) is 90.8 Å². The largest absolute Gasteiger partial charge is 0.489 e. The lowest BCUT2D eigenvalue weighted by molar-refractivity contribution is 0.250. The van der Waals surface area contributed by atoms with Gasteiger partial charge in [0.25, 0.3) is 0 Å². The summed E-state index contributed by atoms with van der Waals surface area (Å²) in [4.78, 5) is 10.00. The van der Waals surface area contributed by atoms with Crippen LogP contribution in [0.15, 0.2) is 146 Å². The van der Waals surface area contributed by atoms with Crippen LogP contribution in [0.25, 0.3) is 32.7 Å². The SMILES string of the molecule is CC(C)(Cc1c[nH]c2ccc(Cl)cc12)NCCOc1ccccc1OCC1CC1.CC(C)(Cc1c[nH]c2ccc(Cl)cc12)NCCOc1ccccc1OCC1CC1.CC(C)(Cc1c[nH]c2ccc(Cl)cc12)NCCOc1ccccc1OCC1CC1. The number of aromatic amines is 3. The highest BCUT2D eigenvalue weighted by molar-refractivity contribution is 6.32. The zero-order valence-corrected chi connectivity index (χ0v) is 53.7. The molecule has 15 heteroatoms. The number of rotatable bonds is 30. The highest BCUT2D eigenvalue weighted by Crippen LogP contribution is 2.36. The Bertz CT molecular complexity index is 3260. The van der Waals surface area contributed by atoms with Gasteiger partial charge in [0.15, 0.2) is 34.5 Å². The van der Waals surface area contributed by atoms with Crippen LogP contribution in [0.1, 0.15) is 96.8 Å². The van der Waals surface area contributed by atoms with Crippen LogP contribution in [0.4, 0.5) is 0 Å². The van der Waals surface area contributed by atoms with Crippen LogP contribution < -0.4 is 44.4 Å². The zero-order valence-electron chi connectivity index (χ0n) is 51.4. The van der Waals surface area contributed by atoms with Crippen LogP contribution in [0.2, 0.25) is 15.1 Å². The number of aromatic nitrogens is 3. The Balaban J connectivity index is 0.000000144. The summed E-state index contributed by atoms with van der Waals surface area (Å²) in [5, 5.41) is 16.7. The van der Waals surface area contributed by atoms with Crippen molar-refractivity contribution in [3.05, 3.63) is 178 Å². The molecular formula is C72H87Cl3N6O6. The second kappa shape index (κ2) is 29.7. The summed E-state index contributed by atoms with van der Waals surface area (Å²) in [6, 6.07) is 41.7. The molecule has 0 atom stereocenters. The molecule has 0 aliphatic heterocycles. The number of hydrogen-bond donors (Lipinski definition) is 6. The highest BCUT2D eigenvalue weighted by Gasteiger charge is 2.26. The van der Waals surface area contributed by atoms with Crippen molar-refractivity contribution in [2.45, 2.75) is 116 Å². The molecule has 12 rings (SSSR count). The molecule has 3 saturated carbocycles. The van der Waals surface area contributed by atoms with Crippen molar-refractivity contribution in [2.75, 3.05) is 59.3 Å². The van der Waals surface area contributed by atoms with Gasteiger partial charge in [-0.3, -0.25) is 0 Å². The van der Waals surface area contributed by atoms with Gasteiger partial charge in [-0.2, -0.15) is 0 Å². The number of benzene rings is 6. The molecule has 462 valence electrons. The first-order chi connectivity index (χ1) is 42.0. The molecule has 12 nitrogen and oxygen atoms in total. The van der Waals surface area contributed by atoms with Crippen molar-refractivity contribution in [1.82, 2.24) is 30.9 Å². The van der Waals surface area contributed by atoms with E-state index in [9.17, 15) is 0 Å². The molecule has 0 bridgehead atoms. The topological polar surface area (TPSA) is 139 Å². The Morgan fingerprint density at radius 1 is 0.368 bits per heavy atom. The smallest absolute Gasteiger partial charge is 0.161 e. The standard InChI is InChI=1S/3C24H29ClN2O2/c3*1-24(2,14-18-15-26-21-10-9-19(25)13-20(18)21)27-11-12-28-22-5-3-4-6-23(22)29-16-17-7-8-17/h3*3-6,9-10,13,15,17,26-27H,7-8,11-12,14,16H2,1-2H3. The van der Waals surface area contributed by atoms with Crippen molar-refractivity contribution in [2.24, 2.45) is 17.8 Å². The van der Waals surface area contributed by atoms with Gasteiger partial charge in [0, 0.05) is 103 Å². The lowest BCUT2D eigenvalue weighted by Gasteiger charge is -2.26. The number of H-pyrrole nitrogens is 3. The predicted octanol–water partition coefficient (Wildman–Crippen LogP) is 16.8. The number of para-hydroxylation sites is 6. The van der Waals surface area contributed by atoms with E-state index in [2.05, 4.69) is 91.0 Å². The molecule has 3 heterocycles. The minimum atomic E-state index is -0.0667. The molecule has 3 aliphatic carbocycles. The van der Waals surface area contributed by atoms with E-state index in [1.54, 1.807) is 0 Å². The summed E-state index contributed by atoms with van der Waals surface area (Å²) in [5.74, 6) is 7.16. The lowest BCUT2D eigenvalue weighted by Crippen LogP contribution is -2.43. The van der Waals surface area contributed by atoms with Gasteiger partial charge >= 0.3 is 0 Å². The van der Waals surface area contributed by atoms with E-state index in [-0.39, 0.29) is 16.6 Å². The van der Waals surface area contributed by atoms with Crippen LogP contribution >= 0.6 is 34.8 Å². The maximum Gasteiger partial charge on any atom is 0.161 e. The molecular weight excluding hydrogens is 1150 g/mol. The maximum atomic E-state index is 6.18. The predicted molar refractivity (Wildman–Crippen MR) is 358 cm³/mol. The molecule has 0 radical (unpaired) electrons. The average molecular weight is 1240 g/mol. The molecule has 9 aromatic rings. The van der Waals surface area contributed by atoms with Gasteiger partial charge in [0.05, 0.1) is 19.8 Å². The Hall–Kier alpha value is -6.51. The summed E-state index contributed by atoms with van der Waals surface area (Å²) >= 11 is 18.5. The minimum Gasteiger partial charge on any atom is -0.489 e.